The van der Waals surface area contributed by atoms with Crippen molar-refractivity contribution in [2.75, 3.05) is 68.1 Å². The number of aryl methyl sites for hydroxylation is 2. The third-order valence-corrected chi connectivity index (χ3v) is 11.8. The molecule has 2 aromatic carbocycles. The summed E-state index contributed by atoms with van der Waals surface area (Å²) in [5.41, 5.74) is 5.90. The lowest BCUT2D eigenvalue weighted by molar-refractivity contribution is 0.150. The van der Waals surface area contributed by atoms with E-state index in [1.54, 1.807) is 19.5 Å². The number of benzene rings is 2. The predicted octanol–water partition coefficient (Wildman–Crippen LogP) is 6.81. The van der Waals surface area contributed by atoms with E-state index >= 15 is 0 Å². The number of anilines is 5. The maximum atomic E-state index is 13.6. The van der Waals surface area contributed by atoms with E-state index in [2.05, 4.69) is 70.7 Å². The summed E-state index contributed by atoms with van der Waals surface area (Å²) in [6.07, 6.45) is 7.41. The third kappa shape index (κ3) is 7.34. The third-order valence-electron chi connectivity index (χ3n) is 9.62. The Bertz CT molecular complexity index is 1850. The zero-order chi connectivity index (χ0) is 33.4. The molecule has 12 heteroatoms. The molecule has 3 aliphatic rings. The summed E-state index contributed by atoms with van der Waals surface area (Å²) in [6, 6.07) is 13.0. The van der Waals surface area contributed by atoms with E-state index < -0.39 is 7.14 Å². The number of aromatic nitrogens is 3. The molecule has 3 N–H and O–H groups in total. The number of halogens is 1. The summed E-state index contributed by atoms with van der Waals surface area (Å²) in [7, 11) is -2.69. The van der Waals surface area contributed by atoms with Crippen molar-refractivity contribution in [1.29, 1.82) is 0 Å². The number of ether oxygens (including phenoxy) is 1. The van der Waals surface area contributed by atoms with Crippen molar-refractivity contribution in [2.24, 2.45) is 0 Å². The molecule has 2 saturated heterocycles. The first kappa shape index (κ1) is 33.3. The summed E-state index contributed by atoms with van der Waals surface area (Å²) in [5, 5.41) is 12.1. The number of piperazine rings is 1. The van der Waals surface area contributed by atoms with Crippen molar-refractivity contribution in [3.8, 4) is 5.75 Å². The van der Waals surface area contributed by atoms with Crippen LogP contribution in [0.4, 0.5) is 28.8 Å². The SMILES string of the molecule is CCc1cc(Nc2ncc(Br)c(Nc3ccc4nc(C)ccc4c3P(C)(C)=O)n2)c(OC2CC2)cc1N1CCC(N2CCNCC2)CC1. The standard InChI is InChI=1S/C36H46BrN8O2P/c1-5-24-20-31(33(47-26-7-8-26)21-32(24)45-16-12-25(13-17-45)44-18-14-38-15-19-44)42-36-39-22-28(37)35(43-36)41-30-11-10-29-27(9-6-23(2)40-29)34(30)48(3,4)46/h6,9-11,20-22,25-26,38H,5,7-8,12-19H2,1-4H3,(H2,39,41,42,43). The first-order chi connectivity index (χ1) is 23.2. The quantitative estimate of drug-likeness (QED) is 0.151. The maximum absolute atomic E-state index is 13.6. The van der Waals surface area contributed by atoms with Gasteiger partial charge in [0.05, 0.1) is 27.5 Å². The average Bonchev–Trinajstić information content (AvgIpc) is 3.91. The van der Waals surface area contributed by atoms with Gasteiger partial charge in [-0.1, -0.05) is 13.0 Å². The van der Waals surface area contributed by atoms with Gasteiger partial charge in [-0.3, -0.25) is 9.88 Å². The molecular formula is C36H46BrN8O2P. The van der Waals surface area contributed by atoms with Crippen molar-refractivity contribution in [3.63, 3.8) is 0 Å². The number of fused-ring (bicyclic) bond motifs is 1. The molecule has 0 spiro atoms. The van der Waals surface area contributed by atoms with Crippen LogP contribution < -0.4 is 30.9 Å². The molecule has 0 bridgehead atoms. The Balaban J connectivity index is 1.16. The molecule has 0 radical (unpaired) electrons. The fraction of sp³-hybridized carbons (Fsp3) is 0.472. The summed E-state index contributed by atoms with van der Waals surface area (Å²) < 4.78 is 20.8. The molecule has 0 amide bonds. The van der Waals surface area contributed by atoms with Crippen LogP contribution in [0.3, 0.4) is 0 Å². The van der Waals surface area contributed by atoms with Gasteiger partial charge in [0.15, 0.2) is 0 Å². The van der Waals surface area contributed by atoms with E-state index in [0.717, 1.165) is 97.6 Å². The lowest BCUT2D eigenvalue weighted by Crippen LogP contribution is -2.52. The molecule has 1 saturated carbocycles. The zero-order valence-corrected chi connectivity index (χ0v) is 30.8. The van der Waals surface area contributed by atoms with E-state index in [-0.39, 0.29) is 6.10 Å². The topological polar surface area (TPSA) is 108 Å². The number of rotatable bonds is 10. The second kappa shape index (κ2) is 13.9. The van der Waals surface area contributed by atoms with Crippen LogP contribution in [-0.2, 0) is 11.0 Å². The normalized spacial score (nSPS) is 17.9. The molecule has 3 fully saturated rings. The monoisotopic (exact) mass is 732 g/mol. The predicted molar refractivity (Wildman–Crippen MR) is 201 cm³/mol. The Morgan fingerprint density at radius 1 is 0.979 bits per heavy atom. The van der Waals surface area contributed by atoms with Crippen LogP contribution in [0.5, 0.6) is 5.75 Å². The molecule has 7 rings (SSSR count). The molecule has 2 aliphatic heterocycles. The van der Waals surface area contributed by atoms with Crippen LogP contribution in [0.15, 0.2) is 47.1 Å². The molecule has 2 aromatic heterocycles. The number of piperidine rings is 1. The first-order valence-corrected chi connectivity index (χ1v) is 20.6. The van der Waals surface area contributed by atoms with Crippen molar-refractivity contribution in [2.45, 2.75) is 58.1 Å². The Morgan fingerprint density at radius 3 is 2.46 bits per heavy atom. The number of nitrogens with zero attached hydrogens (tertiary/aromatic N) is 5. The van der Waals surface area contributed by atoms with Crippen LogP contribution >= 0.6 is 23.1 Å². The lowest BCUT2D eigenvalue weighted by atomic mass is 9.99. The molecule has 254 valence electrons. The Kier molecular flexibility index (Phi) is 9.66. The number of pyridine rings is 1. The van der Waals surface area contributed by atoms with Gasteiger partial charge in [0.1, 0.15) is 18.7 Å². The summed E-state index contributed by atoms with van der Waals surface area (Å²) >= 11 is 3.64. The average molecular weight is 734 g/mol. The van der Waals surface area contributed by atoms with Crippen LogP contribution in [0.2, 0.25) is 0 Å². The van der Waals surface area contributed by atoms with Crippen molar-refractivity contribution >= 4 is 68.1 Å². The van der Waals surface area contributed by atoms with Gasteiger partial charge >= 0.3 is 0 Å². The van der Waals surface area contributed by atoms with Gasteiger partial charge in [0.25, 0.3) is 0 Å². The maximum Gasteiger partial charge on any atom is 0.229 e. The number of hydrogen-bond donors (Lipinski definition) is 3. The van der Waals surface area contributed by atoms with Gasteiger partial charge in [-0.05, 0) is 98.1 Å². The van der Waals surface area contributed by atoms with E-state index in [0.29, 0.717) is 22.3 Å². The van der Waals surface area contributed by atoms with Crippen molar-refractivity contribution < 1.29 is 9.30 Å². The minimum absolute atomic E-state index is 0.246. The minimum Gasteiger partial charge on any atom is -0.488 e. The first-order valence-electron chi connectivity index (χ1n) is 17.2. The molecule has 10 nitrogen and oxygen atoms in total. The molecular weight excluding hydrogens is 687 g/mol. The molecule has 0 unspecified atom stereocenters. The van der Waals surface area contributed by atoms with Crippen LogP contribution in [-0.4, -0.2) is 84.6 Å². The summed E-state index contributed by atoms with van der Waals surface area (Å²) in [5.74, 6) is 1.86. The Labute approximate surface area is 292 Å². The highest BCUT2D eigenvalue weighted by Crippen LogP contribution is 2.43. The second-order valence-electron chi connectivity index (χ2n) is 13.6. The van der Waals surface area contributed by atoms with Gasteiger partial charge in [-0.15, -0.1) is 0 Å². The minimum atomic E-state index is -2.69. The van der Waals surface area contributed by atoms with Crippen LogP contribution in [0.25, 0.3) is 10.9 Å². The second-order valence-corrected chi connectivity index (χ2v) is 17.6. The van der Waals surface area contributed by atoms with E-state index in [1.165, 1.54) is 24.1 Å². The van der Waals surface area contributed by atoms with Gasteiger partial charge < -0.3 is 30.2 Å². The zero-order valence-electron chi connectivity index (χ0n) is 28.4. The van der Waals surface area contributed by atoms with Crippen molar-refractivity contribution in [3.05, 3.63) is 58.3 Å². The van der Waals surface area contributed by atoms with Crippen LogP contribution in [0, 0.1) is 6.92 Å². The smallest absolute Gasteiger partial charge is 0.229 e. The van der Waals surface area contributed by atoms with Gasteiger partial charge in [-0.25, -0.2) is 4.98 Å². The summed E-state index contributed by atoms with van der Waals surface area (Å²) in [4.78, 5) is 19.4. The van der Waals surface area contributed by atoms with Crippen LogP contribution in [0.1, 0.15) is 43.9 Å². The fourth-order valence-corrected chi connectivity index (χ4v) is 8.78. The van der Waals surface area contributed by atoms with Gasteiger partial charge in [-0.2, -0.15) is 4.98 Å². The molecule has 0 atom stereocenters. The molecule has 4 aromatic rings. The molecule has 1 aliphatic carbocycles. The Morgan fingerprint density at radius 2 is 1.75 bits per heavy atom. The molecule has 4 heterocycles. The van der Waals surface area contributed by atoms with E-state index in [1.807, 2.05) is 31.2 Å². The lowest BCUT2D eigenvalue weighted by Gasteiger charge is -2.41. The fourth-order valence-electron chi connectivity index (χ4n) is 7.01. The number of nitrogens with one attached hydrogen (secondary N) is 3. The van der Waals surface area contributed by atoms with E-state index in [9.17, 15) is 4.57 Å². The summed E-state index contributed by atoms with van der Waals surface area (Å²) in [6.45, 7) is 14.4. The Hall–Kier alpha value is -3.24. The van der Waals surface area contributed by atoms with Crippen molar-refractivity contribution in [1.82, 2.24) is 25.2 Å². The van der Waals surface area contributed by atoms with Gasteiger partial charge in [0.2, 0.25) is 5.95 Å². The largest absolute Gasteiger partial charge is 0.488 e. The van der Waals surface area contributed by atoms with E-state index in [4.69, 9.17) is 9.72 Å². The van der Waals surface area contributed by atoms with Gasteiger partial charge in [0, 0.05) is 79.6 Å². The highest BCUT2D eigenvalue weighted by atomic mass is 79.9. The highest BCUT2D eigenvalue weighted by molar-refractivity contribution is 9.10. The molecule has 48 heavy (non-hydrogen) atoms. The number of hydrogen-bond acceptors (Lipinski definition) is 10. The highest BCUT2D eigenvalue weighted by Gasteiger charge is 2.29.